The van der Waals surface area contributed by atoms with Gasteiger partial charge < -0.3 is 24.2 Å². The maximum absolute atomic E-state index is 16.9. The lowest BCUT2D eigenvalue weighted by Crippen LogP contribution is -2.30. The summed E-state index contributed by atoms with van der Waals surface area (Å²) in [4.78, 5) is 26.0. The van der Waals surface area contributed by atoms with Crippen molar-refractivity contribution in [2.24, 2.45) is 5.92 Å². The molecular formula is C34H33ClFN5O3. The second kappa shape index (κ2) is 11.1. The van der Waals surface area contributed by atoms with E-state index in [1.807, 2.05) is 28.8 Å². The standard InChI is InChI=1S/C34H33ClFN5O3/c1-4-28(43)40-15-19(2)27(16-40)41-18-37-32-33(41)25-14-26(35)29(24-13-22(42)12-20-8-5-6-10-23(20)24)30(36)31(25)38-34(32)44-17-21-9-7-11-39(21)3/h4-6,8,10,12-14,18-19,21,27,42H,1,7,9,11,15-17H2,2-3H3/t19-,21-,27-/m0/s1. The number of carbonyl (C=O) groups is 1. The molecule has 4 heterocycles. The maximum atomic E-state index is 16.9. The Balaban J connectivity index is 1.45. The van der Waals surface area contributed by atoms with Crippen LogP contribution in [0.5, 0.6) is 11.6 Å². The Kier molecular flexibility index (Phi) is 7.17. The number of fused-ring (bicyclic) bond motifs is 4. The van der Waals surface area contributed by atoms with Gasteiger partial charge in [-0.1, -0.05) is 49.4 Å². The minimum Gasteiger partial charge on any atom is -0.508 e. The molecule has 1 amide bonds. The van der Waals surface area contributed by atoms with Crippen molar-refractivity contribution in [1.29, 1.82) is 0 Å². The number of aromatic nitrogens is 3. The smallest absolute Gasteiger partial charge is 0.246 e. The van der Waals surface area contributed by atoms with Crippen molar-refractivity contribution in [3.05, 3.63) is 72.3 Å². The van der Waals surface area contributed by atoms with Crippen LogP contribution in [-0.4, -0.2) is 74.7 Å². The van der Waals surface area contributed by atoms with Crippen LogP contribution in [0, 0.1) is 11.7 Å². The van der Waals surface area contributed by atoms with E-state index in [0.29, 0.717) is 41.7 Å². The van der Waals surface area contributed by atoms with Gasteiger partial charge in [-0.2, -0.15) is 0 Å². The monoisotopic (exact) mass is 613 g/mol. The van der Waals surface area contributed by atoms with Crippen molar-refractivity contribution in [2.75, 3.05) is 33.3 Å². The number of aromatic hydroxyl groups is 1. The summed E-state index contributed by atoms with van der Waals surface area (Å²) in [6.45, 7) is 8.16. The van der Waals surface area contributed by atoms with Crippen molar-refractivity contribution in [3.63, 3.8) is 0 Å². The number of likely N-dealkylation sites (N-methyl/N-ethyl adjacent to an activating group) is 1. The molecule has 2 fully saturated rings. The number of carbonyl (C=O) groups excluding carboxylic acids is 1. The molecule has 0 saturated carbocycles. The number of phenols is 1. The number of nitrogens with zero attached hydrogens (tertiary/aromatic N) is 5. The van der Waals surface area contributed by atoms with Crippen molar-refractivity contribution in [1.82, 2.24) is 24.3 Å². The average Bonchev–Trinajstić information content (AvgIpc) is 3.74. The summed E-state index contributed by atoms with van der Waals surface area (Å²) in [5.74, 6) is -0.367. The fraction of sp³-hybridized carbons (Fsp3) is 0.324. The highest BCUT2D eigenvalue weighted by Gasteiger charge is 2.35. The van der Waals surface area contributed by atoms with E-state index in [1.165, 1.54) is 12.1 Å². The lowest BCUT2D eigenvalue weighted by atomic mass is 9.96. The Morgan fingerprint density at radius 2 is 2.02 bits per heavy atom. The highest BCUT2D eigenvalue weighted by molar-refractivity contribution is 6.35. The zero-order valence-corrected chi connectivity index (χ0v) is 25.4. The van der Waals surface area contributed by atoms with E-state index >= 15 is 4.39 Å². The quantitative estimate of drug-likeness (QED) is 0.218. The van der Waals surface area contributed by atoms with E-state index in [0.717, 1.165) is 30.2 Å². The summed E-state index contributed by atoms with van der Waals surface area (Å²) in [5, 5.41) is 12.7. The largest absolute Gasteiger partial charge is 0.508 e. The Labute approximate surface area is 259 Å². The van der Waals surface area contributed by atoms with Gasteiger partial charge in [0, 0.05) is 30.1 Å². The van der Waals surface area contributed by atoms with E-state index in [4.69, 9.17) is 26.3 Å². The number of hydrogen-bond acceptors (Lipinski definition) is 6. The summed E-state index contributed by atoms with van der Waals surface area (Å²) in [6, 6.07) is 12.5. The molecule has 2 saturated heterocycles. The number of halogens is 2. The summed E-state index contributed by atoms with van der Waals surface area (Å²) >= 11 is 6.91. The highest BCUT2D eigenvalue weighted by atomic mass is 35.5. The van der Waals surface area contributed by atoms with E-state index in [9.17, 15) is 9.90 Å². The van der Waals surface area contributed by atoms with E-state index in [2.05, 4.69) is 25.5 Å². The van der Waals surface area contributed by atoms with Crippen LogP contribution in [0.4, 0.5) is 4.39 Å². The van der Waals surface area contributed by atoms with Crippen LogP contribution in [-0.2, 0) is 4.79 Å². The van der Waals surface area contributed by atoms with E-state index in [1.54, 1.807) is 23.4 Å². The number of rotatable bonds is 6. The first-order valence-electron chi connectivity index (χ1n) is 14.9. The van der Waals surface area contributed by atoms with Crippen LogP contribution < -0.4 is 4.74 Å². The van der Waals surface area contributed by atoms with E-state index in [-0.39, 0.29) is 51.6 Å². The van der Waals surface area contributed by atoms with E-state index < -0.39 is 5.82 Å². The summed E-state index contributed by atoms with van der Waals surface area (Å²) in [6.07, 6.45) is 5.15. The summed E-state index contributed by atoms with van der Waals surface area (Å²) < 4.78 is 25.2. The fourth-order valence-electron chi connectivity index (χ4n) is 6.92. The second-order valence-corrected chi connectivity index (χ2v) is 12.4. The molecule has 2 aromatic heterocycles. The predicted octanol–water partition coefficient (Wildman–Crippen LogP) is 6.58. The van der Waals surface area contributed by atoms with Crippen molar-refractivity contribution in [2.45, 2.75) is 31.8 Å². The Morgan fingerprint density at radius 3 is 2.80 bits per heavy atom. The van der Waals surface area contributed by atoms with Crippen molar-refractivity contribution in [3.8, 4) is 22.8 Å². The molecule has 1 N–H and O–H groups in total. The highest BCUT2D eigenvalue weighted by Crippen LogP contribution is 2.44. The normalized spacial score (nSPS) is 20.7. The van der Waals surface area contributed by atoms with Gasteiger partial charge in [-0.15, -0.1) is 0 Å². The number of likely N-dealkylation sites (tertiary alicyclic amines) is 2. The predicted molar refractivity (Wildman–Crippen MR) is 171 cm³/mol. The first-order chi connectivity index (χ1) is 21.2. The molecule has 5 aromatic rings. The molecule has 2 aliphatic heterocycles. The summed E-state index contributed by atoms with van der Waals surface area (Å²) in [7, 11) is 2.07. The molecule has 3 atom stereocenters. The number of imidazole rings is 1. The number of phenolic OH excluding ortho intramolecular Hbond substituents is 1. The maximum Gasteiger partial charge on any atom is 0.246 e. The van der Waals surface area contributed by atoms with Crippen LogP contribution >= 0.6 is 11.6 Å². The third-order valence-corrected chi connectivity index (χ3v) is 9.57. The third-order valence-electron chi connectivity index (χ3n) is 9.27. The van der Waals surface area contributed by atoms with Gasteiger partial charge in [-0.3, -0.25) is 4.79 Å². The first kappa shape index (κ1) is 28.6. The Morgan fingerprint density at radius 1 is 1.20 bits per heavy atom. The van der Waals surface area contributed by atoms with Crippen LogP contribution in [0.1, 0.15) is 25.8 Å². The molecule has 8 nitrogen and oxygen atoms in total. The lowest BCUT2D eigenvalue weighted by Gasteiger charge is -2.21. The molecule has 0 aliphatic carbocycles. The van der Waals surface area contributed by atoms with Crippen molar-refractivity contribution < 1.29 is 19.0 Å². The van der Waals surface area contributed by atoms with Crippen molar-refractivity contribution >= 4 is 50.2 Å². The van der Waals surface area contributed by atoms with Crippen LogP contribution in [0.2, 0.25) is 5.02 Å². The number of hydrogen-bond donors (Lipinski definition) is 1. The second-order valence-electron chi connectivity index (χ2n) is 12.0. The Bertz CT molecular complexity index is 1960. The first-order valence-corrected chi connectivity index (χ1v) is 15.3. The van der Waals surface area contributed by atoms with Gasteiger partial charge in [0.05, 0.1) is 22.9 Å². The molecular weight excluding hydrogens is 581 g/mol. The van der Waals surface area contributed by atoms with Gasteiger partial charge in [-0.05, 0) is 73.0 Å². The molecule has 0 unspecified atom stereocenters. The number of benzene rings is 3. The molecule has 0 radical (unpaired) electrons. The topological polar surface area (TPSA) is 83.7 Å². The molecule has 2 aliphatic rings. The summed E-state index contributed by atoms with van der Waals surface area (Å²) in [5.41, 5.74) is 1.90. The zero-order valence-electron chi connectivity index (χ0n) is 24.6. The molecule has 0 spiro atoms. The van der Waals surface area contributed by atoms with Gasteiger partial charge in [0.25, 0.3) is 0 Å². The fourth-order valence-corrected chi connectivity index (χ4v) is 7.22. The van der Waals surface area contributed by atoms with Gasteiger partial charge in [0.1, 0.15) is 17.9 Å². The van der Waals surface area contributed by atoms with Crippen LogP contribution in [0.15, 0.2) is 61.4 Å². The van der Waals surface area contributed by atoms with Gasteiger partial charge >= 0.3 is 0 Å². The number of pyridine rings is 1. The molecule has 0 bridgehead atoms. The molecule has 10 heteroatoms. The zero-order chi connectivity index (χ0) is 30.7. The number of amides is 1. The minimum atomic E-state index is -0.608. The molecule has 44 heavy (non-hydrogen) atoms. The number of ether oxygens (including phenoxy) is 1. The van der Waals surface area contributed by atoms with Crippen LogP contribution in [0.25, 0.3) is 43.8 Å². The minimum absolute atomic E-state index is 0.00861. The average molecular weight is 614 g/mol. The lowest BCUT2D eigenvalue weighted by molar-refractivity contribution is -0.125. The Hall–Kier alpha value is -4.21. The SMILES string of the molecule is C=CC(=O)N1C[C@H](C)[C@@H](n2cnc3c(OC[C@@H]4CCCN4C)nc4c(F)c(-c5cc(O)cc6ccccc56)c(Cl)cc4c32)C1. The molecule has 3 aromatic carbocycles. The van der Waals surface area contributed by atoms with Gasteiger partial charge in [0.2, 0.25) is 11.8 Å². The van der Waals surface area contributed by atoms with Gasteiger partial charge in [0.15, 0.2) is 11.3 Å². The third kappa shape index (κ3) is 4.66. The molecule has 226 valence electrons. The van der Waals surface area contributed by atoms with Crippen LogP contribution in [0.3, 0.4) is 0 Å². The molecule has 7 rings (SSSR count). The van der Waals surface area contributed by atoms with Gasteiger partial charge in [-0.25, -0.2) is 14.4 Å².